The van der Waals surface area contributed by atoms with Crippen LogP contribution in [0.5, 0.6) is 0 Å². The molecule has 30 heavy (non-hydrogen) atoms. The van der Waals surface area contributed by atoms with Gasteiger partial charge in [0, 0.05) is 56.4 Å². The molecule has 1 saturated heterocycles. The number of hydrogen-bond donors (Lipinski definition) is 0. The molecule has 1 aromatic carbocycles. The molecule has 6 heteroatoms. The van der Waals surface area contributed by atoms with E-state index in [-0.39, 0.29) is 17.8 Å². The summed E-state index contributed by atoms with van der Waals surface area (Å²) in [6.45, 7) is 14.2. The fraction of sp³-hybridized carbons (Fsp3) is 0.583. The van der Waals surface area contributed by atoms with Crippen LogP contribution >= 0.6 is 0 Å². The van der Waals surface area contributed by atoms with Crippen LogP contribution in [0.2, 0.25) is 0 Å². The summed E-state index contributed by atoms with van der Waals surface area (Å²) in [5, 5.41) is 4.57. The molecule has 1 amide bonds. The number of carbonyl (C=O) groups is 1. The molecule has 1 fully saturated rings. The molecule has 0 N–H and O–H groups in total. The van der Waals surface area contributed by atoms with Gasteiger partial charge in [0.2, 0.25) is 5.91 Å². The molecule has 1 aliphatic rings. The average molecular weight is 415 g/mol. The predicted octanol–water partition coefficient (Wildman–Crippen LogP) is 3.96. The van der Waals surface area contributed by atoms with Crippen LogP contribution in [0, 0.1) is 25.6 Å². The summed E-state index contributed by atoms with van der Waals surface area (Å²) >= 11 is 0. The number of benzene rings is 1. The van der Waals surface area contributed by atoms with Crippen molar-refractivity contribution < 1.29 is 9.18 Å². The van der Waals surface area contributed by atoms with Gasteiger partial charge in [0.1, 0.15) is 5.82 Å². The lowest BCUT2D eigenvalue weighted by Crippen LogP contribution is -2.56. The first-order valence-electron chi connectivity index (χ1n) is 11.1. The van der Waals surface area contributed by atoms with E-state index in [2.05, 4.69) is 42.6 Å². The number of piperazine rings is 1. The van der Waals surface area contributed by atoms with Gasteiger partial charge in [-0.1, -0.05) is 32.0 Å². The molecule has 0 radical (unpaired) electrons. The van der Waals surface area contributed by atoms with Gasteiger partial charge in [-0.15, -0.1) is 0 Å². The van der Waals surface area contributed by atoms with E-state index in [1.54, 1.807) is 6.07 Å². The van der Waals surface area contributed by atoms with Crippen molar-refractivity contribution in [1.29, 1.82) is 0 Å². The largest absolute Gasteiger partial charge is 0.337 e. The Kier molecular flexibility index (Phi) is 7.29. The molecule has 1 atom stereocenters. The third kappa shape index (κ3) is 4.91. The highest BCUT2D eigenvalue weighted by atomic mass is 19.1. The Bertz CT molecular complexity index is 876. The first-order chi connectivity index (χ1) is 14.3. The Hall–Kier alpha value is -2.21. The minimum atomic E-state index is -0.157. The smallest absolute Gasteiger partial charge is 0.223 e. The van der Waals surface area contributed by atoms with Crippen molar-refractivity contribution >= 4 is 5.91 Å². The van der Waals surface area contributed by atoms with Crippen LogP contribution in [-0.4, -0.2) is 51.2 Å². The lowest BCUT2D eigenvalue weighted by molar-refractivity contribution is -0.137. The Morgan fingerprint density at radius 1 is 1.23 bits per heavy atom. The van der Waals surface area contributed by atoms with Crippen molar-refractivity contribution in [3.63, 3.8) is 0 Å². The van der Waals surface area contributed by atoms with Crippen molar-refractivity contribution in [1.82, 2.24) is 19.6 Å². The van der Waals surface area contributed by atoms with Crippen molar-refractivity contribution in [2.24, 2.45) is 5.92 Å². The van der Waals surface area contributed by atoms with E-state index < -0.39 is 0 Å². The quantitative estimate of drug-likeness (QED) is 0.689. The third-order valence-electron chi connectivity index (χ3n) is 6.36. The molecule has 2 heterocycles. The second-order valence-electron chi connectivity index (χ2n) is 8.69. The number of hydrogen-bond acceptors (Lipinski definition) is 3. The molecule has 0 spiro atoms. The lowest BCUT2D eigenvalue weighted by Gasteiger charge is -2.43. The zero-order valence-corrected chi connectivity index (χ0v) is 19.0. The maximum atomic E-state index is 14.1. The fourth-order valence-electron chi connectivity index (χ4n) is 4.54. The Morgan fingerprint density at radius 2 is 1.97 bits per heavy atom. The Balaban J connectivity index is 1.63. The molecule has 3 rings (SSSR count). The number of carbonyl (C=O) groups excluding carboxylic acids is 1. The normalized spacial score (nSPS) is 17.7. The summed E-state index contributed by atoms with van der Waals surface area (Å²) in [5.74, 6) is 0.404. The SMILES string of the molecule is CCn1nc(C)c(CCC(=O)N2CCN(Cc3ccccc3F)C[C@@H]2C(C)C)c1C. The zero-order chi connectivity index (χ0) is 21.8. The molecular formula is C24H35FN4O. The second kappa shape index (κ2) is 9.73. The third-order valence-corrected chi connectivity index (χ3v) is 6.36. The monoisotopic (exact) mass is 414 g/mol. The van der Waals surface area contributed by atoms with E-state index in [1.165, 1.54) is 11.6 Å². The number of rotatable bonds is 7. The average Bonchev–Trinajstić information content (AvgIpc) is 3.00. The van der Waals surface area contributed by atoms with E-state index in [9.17, 15) is 9.18 Å². The summed E-state index contributed by atoms with van der Waals surface area (Å²) in [6.07, 6.45) is 1.24. The molecule has 0 aliphatic carbocycles. The maximum Gasteiger partial charge on any atom is 0.223 e. The molecular weight excluding hydrogens is 379 g/mol. The molecule has 1 aromatic heterocycles. The molecule has 0 saturated carbocycles. The minimum absolute atomic E-state index is 0.151. The highest BCUT2D eigenvalue weighted by Crippen LogP contribution is 2.22. The fourth-order valence-corrected chi connectivity index (χ4v) is 4.54. The second-order valence-corrected chi connectivity index (χ2v) is 8.69. The van der Waals surface area contributed by atoms with E-state index in [0.29, 0.717) is 25.4 Å². The van der Waals surface area contributed by atoms with E-state index in [4.69, 9.17) is 0 Å². The van der Waals surface area contributed by atoms with Crippen LogP contribution in [0.25, 0.3) is 0 Å². The van der Waals surface area contributed by atoms with Crippen LogP contribution in [0.3, 0.4) is 0 Å². The number of halogens is 1. The Morgan fingerprint density at radius 3 is 2.60 bits per heavy atom. The number of aryl methyl sites for hydroxylation is 2. The van der Waals surface area contributed by atoms with Crippen LogP contribution in [0.1, 0.15) is 49.7 Å². The summed E-state index contributed by atoms with van der Waals surface area (Å²) in [6, 6.07) is 7.11. The van der Waals surface area contributed by atoms with Crippen molar-refractivity contribution in [2.75, 3.05) is 19.6 Å². The van der Waals surface area contributed by atoms with E-state index in [1.807, 2.05) is 23.7 Å². The van der Waals surface area contributed by atoms with E-state index >= 15 is 0 Å². The predicted molar refractivity (Wildman–Crippen MR) is 118 cm³/mol. The number of amides is 1. The molecule has 0 bridgehead atoms. The van der Waals surface area contributed by atoms with Gasteiger partial charge < -0.3 is 4.90 Å². The van der Waals surface area contributed by atoms with Gasteiger partial charge in [0.05, 0.1) is 5.69 Å². The van der Waals surface area contributed by atoms with E-state index in [0.717, 1.165) is 43.0 Å². The highest BCUT2D eigenvalue weighted by molar-refractivity contribution is 5.77. The van der Waals surface area contributed by atoms with Gasteiger partial charge in [-0.3, -0.25) is 14.4 Å². The summed E-state index contributed by atoms with van der Waals surface area (Å²) < 4.78 is 16.1. The standard InChI is InChI=1S/C24H35FN4O/c1-6-29-19(5)21(18(4)26-29)11-12-24(30)28-14-13-27(16-23(28)17(2)3)15-20-9-7-8-10-22(20)25/h7-10,17,23H,6,11-16H2,1-5H3/t23-/m1/s1. The van der Waals surface area contributed by atoms with Gasteiger partial charge in [-0.25, -0.2) is 4.39 Å². The lowest BCUT2D eigenvalue weighted by atomic mass is 9.97. The maximum absolute atomic E-state index is 14.1. The topological polar surface area (TPSA) is 41.4 Å². The summed E-state index contributed by atoms with van der Waals surface area (Å²) in [5.41, 5.74) is 4.11. The molecule has 2 aromatic rings. The van der Waals surface area contributed by atoms with Crippen LogP contribution in [-0.2, 0) is 24.3 Å². The molecule has 164 valence electrons. The van der Waals surface area contributed by atoms with Crippen molar-refractivity contribution in [3.8, 4) is 0 Å². The summed E-state index contributed by atoms with van der Waals surface area (Å²) in [7, 11) is 0. The van der Waals surface area contributed by atoms with Gasteiger partial charge >= 0.3 is 0 Å². The minimum Gasteiger partial charge on any atom is -0.337 e. The van der Waals surface area contributed by atoms with Gasteiger partial charge in [-0.2, -0.15) is 5.10 Å². The first kappa shape index (κ1) is 22.5. The first-order valence-corrected chi connectivity index (χ1v) is 11.1. The Labute approximate surface area is 179 Å². The zero-order valence-electron chi connectivity index (χ0n) is 19.0. The number of nitrogens with zero attached hydrogens (tertiary/aromatic N) is 4. The highest BCUT2D eigenvalue weighted by Gasteiger charge is 2.32. The van der Waals surface area contributed by atoms with Crippen LogP contribution in [0.4, 0.5) is 4.39 Å². The molecule has 0 unspecified atom stereocenters. The van der Waals surface area contributed by atoms with Crippen molar-refractivity contribution in [3.05, 3.63) is 52.6 Å². The van der Waals surface area contributed by atoms with Crippen LogP contribution < -0.4 is 0 Å². The van der Waals surface area contributed by atoms with Gasteiger partial charge in [0.15, 0.2) is 0 Å². The number of aromatic nitrogens is 2. The van der Waals surface area contributed by atoms with Gasteiger partial charge in [0.25, 0.3) is 0 Å². The van der Waals surface area contributed by atoms with Crippen LogP contribution in [0.15, 0.2) is 24.3 Å². The summed E-state index contributed by atoms with van der Waals surface area (Å²) in [4.78, 5) is 17.4. The van der Waals surface area contributed by atoms with Crippen molar-refractivity contribution in [2.45, 2.75) is 66.6 Å². The van der Waals surface area contributed by atoms with Gasteiger partial charge in [-0.05, 0) is 44.7 Å². The molecule has 1 aliphatic heterocycles. The molecule has 5 nitrogen and oxygen atoms in total.